The lowest BCUT2D eigenvalue weighted by Crippen LogP contribution is -2.25. The van der Waals surface area contributed by atoms with Gasteiger partial charge in [-0.25, -0.2) is 0 Å². The fourth-order valence-corrected chi connectivity index (χ4v) is 2.52. The molecule has 0 spiro atoms. The monoisotopic (exact) mass is 519 g/mol. The number of aromatic nitrogens is 1. The number of ether oxygens (including phenoxy) is 1. The van der Waals surface area contributed by atoms with Crippen molar-refractivity contribution < 1.29 is 22.7 Å². The number of hydrogen-bond donors (Lipinski definition) is 1. The Balaban J connectivity index is 2.23. The minimum Gasteiger partial charge on any atom is -0.462 e. The van der Waals surface area contributed by atoms with E-state index in [1.165, 1.54) is 6.20 Å². The van der Waals surface area contributed by atoms with Gasteiger partial charge in [-0.3, -0.25) is 4.79 Å². The van der Waals surface area contributed by atoms with Crippen molar-refractivity contribution in [2.75, 3.05) is 6.61 Å². The second-order valence-electron chi connectivity index (χ2n) is 4.86. The number of aromatic amines is 1. The Morgan fingerprint density at radius 3 is 2.48 bits per heavy atom. The molecule has 1 atom stereocenters. The molecule has 2 rings (SSSR count). The molecule has 9 heteroatoms. The van der Waals surface area contributed by atoms with Crippen LogP contribution in [-0.4, -0.2) is 25.9 Å². The van der Waals surface area contributed by atoms with Crippen LogP contribution in [0.15, 0.2) is 30.5 Å². The van der Waals surface area contributed by atoms with Crippen molar-refractivity contribution in [1.29, 1.82) is 0 Å². The average Bonchev–Trinajstić information content (AvgIpc) is 2.84. The molecule has 0 aliphatic carbocycles. The van der Waals surface area contributed by atoms with Crippen molar-refractivity contribution in [2.45, 2.75) is 20.7 Å². The lowest BCUT2D eigenvalue weighted by atomic mass is 9.94. The molecule has 23 heavy (non-hydrogen) atoms. The number of nitrogens with one attached hydrogen (secondary N) is 1. The van der Waals surface area contributed by atoms with E-state index >= 15 is 0 Å². The lowest BCUT2D eigenvalue weighted by molar-refractivity contribution is -0.166. The van der Waals surface area contributed by atoms with E-state index in [9.17, 15) is 18.0 Å². The molecule has 1 N–H and O–H groups in total. The second kappa shape index (κ2) is 7.14. The van der Waals surface area contributed by atoms with Crippen molar-refractivity contribution in [3.63, 3.8) is 0 Å². The third-order valence-corrected chi connectivity index (χ3v) is 3.85. The van der Waals surface area contributed by atoms with Gasteiger partial charge in [-0.1, -0.05) is 66.0 Å². The number of esters is 1. The molecule has 0 saturated heterocycles. The number of benzene rings is 1. The van der Waals surface area contributed by atoms with Crippen LogP contribution in [0.3, 0.4) is 0 Å². The molecule has 2 aromatic rings. The number of para-hydroxylation sites is 1. The summed E-state index contributed by atoms with van der Waals surface area (Å²) in [4.78, 5) is 14.6. The molecular formula is C14H11Br3F3NO2. The molecule has 0 unspecified atom stereocenters. The van der Waals surface area contributed by atoms with Gasteiger partial charge in [0.1, 0.15) is 6.61 Å². The van der Waals surface area contributed by atoms with Gasteiger partial charge in [0.2, 0.25) is 0 Å². The second-order valence-corrected chi connectivity index (χ2v) is 12.1. The number of fused-ring (bicyclic) bond motifs is 1. The Hall–Kier alpha value is -0.540. The summed E-state index contributed by atoms with van der Waals surface area (Å²) in [6.45, 7) is -0.162. The summed E-state index contributed by atoms with van der Waals surface area (Å²) in [5.74, 6) is -2.86. The highest BCUT2D eigenvalue weighted by molar-refractivity contribution is 9.39. The van der Waals surface area contributed by atoms with Crippen LogP contribution in [0.2, 0.25) is 0 Å². The predicted molar refractivity (Wildman–Crippen MR) is 92.2 cm³/mol. The van der Waals surface area contributed by atoms with E-state index in [2.05, 4.69) is 52.8 Å². The number of alkyl halides is 6. The van der Waals surface area contributed by atoms with Crippen molar-refractivity contribution in [1.82, 2.24) is 4.98 Å². The molecule has 1 aromatic heterocycles. The summed E-state index contributed by atoms with van der Waals surface area (Å²) < 4.78 is 44.2. The van der Waals surface area contributed by atoms with E-state index < -0.39 is 26.6 Å². The van der Waals surface area contributed by atoms with Gasteiger partial charge in [0.05, 0.1) is 12.3 Å². The molecule has 0 radical (unpaired) electrons. The van der Waals surface area contributed by atoms with Crippen molar-refractivity contribution in [3.8, 4) is 0 Å². The van der Waals surface area contributed by atoms with E-state index in [0.717, 1.165) is 0 Å². The summed E-state index contributed by atoms with van der Waals surface area (Å²) in [5.41, 5.74) is 0.623. The Morgan fingerprint density at radius 1 is 1.22 bits per heavy atom. The van der Waals surface area contributed by atoms with Crippen molar-refractivity contribution >= 4 is 64.7 Å². The van der Waals surface area contributed by atoms with Crippen LogP contribution in [0.25, 0.3) is 10.9 Å². The van der Waals surface area contributed by atoms with Gasteiger partial charge in [-0.15, -0.1) is 0 Å². The fourth-order valence-electron chi connectivity index (χ4n) is 2.17. The predicted octanol–water partition coefficient (Wildman–Crippen LogP) is 5.59. The zero-order valence-corrected chi connectivity index (χ0v) is 16.2. The summed E-state index contributed by atoms with van der Waals surface area (Å²) in [6.07, 6.45) is -4.05. The first-order valence-corrected chi connectivity index (χ1v) is 8.81. The van der Waals surface area contributed by atoms with E-state index in [4.69, 9.17) is 4.74 Å². The van der Waals surface area contributed by atoms with Gasteiger partial charge in [0, 0.05) is 17.1 Å². The smallest absolute Gasteiger partial charge is 0.396 e. The number of carbonyl (C=O) groups excluding carboxylic acids is 1. The maximum atomic E-state index is 13.4. The topological polar surface area (TPSA) is 42.1 Å². The first-order valence-electron chi connectivity index (χ1n) is 6.43. The first-order chi connectivity index (χ1) is 10.6. The molecule has 0 aliphatic heterocycles. The van der Waals surface area contributed by atoms with Gasteiger partial charge < -0.3 is 9.72 Å². The highest BCUT2D eigenvalue weighted by atomic mass is 80.0. The Bertz CT molecular complexity index is 694. The third kappa shape index (κ3) is 5.22. The number of H-pyrrole nitrogens is 1. The Labute approximate surface area is 155 Å². The molecule has 0 saturated carbocycles. The normalized spacial score (nSPS) is 14.0. The quantitative estimate of drug-likeness (QED) is 0.421. The molecule has 0 fully saturated rings. The molecular weight excluding hydrogens is 511 g/mol. The molecule has 3 nitrogen and oxygen atoms in total. The maximum absolute atomic E-state index is 13.4. The van der Waals surface area contributed by atoms with Crippen LogP contribution < -0.4 is 0 Å². The van der Waals surface area contributed by atoms with Crippen LogP contribution in [0.4, 0.5) is 13.2 Å². The molecule has 1 heterocycles. The van der Waals surface area contributed by atoms with Crippen LogP contribution in [-0.2, 0) is 9.53 Å². The number of carbonyl (C=O) groups is 1. The number of hydrogen-bond acceptors (Lipinski definition) is 2. The standard InChI is InChI=1S/C14H11Br3F3NO2/c15-13(16,17)7-23-12(22)5-10(14(18,19)20)9-6-21-11-4-2-1-3-8(9)11/h1-4,6,10,21H,5,7H2/t10-/m1/s1. The average molecular weight is 522 g/mol. The van der Waals surface area contributed by atoms with E-state index in [0.29, 0.717) is 10.9 Å². The number of halogens is 6. The van der Waals surface area contributed by atoms with Gasteiger partial charge in [-0.05, 0) is 11.6 Å². The van der Waals surface area contributed by atoms with Gasteiger partial charge >= 0.3 is 12.1 Å². The summed E-state index contributed by atoms with van der Waals surface area (Å²) in [7, 11) is 0. The highest BCUT2D eigenvalue weighted by Gasteiger charge is 2.43. The summed E-state index contributed by atoms with van der Waals surface area (Å²) >= 11 is 9.34. The SMILES string of the molecule is O=C(C[C@H](c1c[nH]c2ccccc12)C(F)(F)F)OCC(Br)(Br)Br. The Kier molecular flexibility index (Phi) is 5.84. The van der Waals surface area contributed by atoms with Crippen molar-refractivity contribution in [2.24, 2.45) is 0 Å². The fraction of sp³-hybridized carbons (Fsp3) is 0.357. The molecule has 0 amide bonds. The van der Waals surface area contributed by atoms with Crippen LogP contribution in [0, 0.1) is 0 Å². The molecule has 126 valence electrons. The number of rotatable bonds is 4. The van der Waals surface area contributed by atoms with Gasteiger partial charge in [0.15, 0.2) is 2.14 Å². The zero-order valence-electron chi connectivity index (χ0n) is 11.5. The van der Waals surface area contributed by atoms with Gasteiger partial charge in [0.25, 0.3) is 0 Å². The van der Waals surface area contributed by atoms with Crippen LogP contribution in [0.1, 0.15) is 17.9 Å². The summed E-state index contributed by atoms with van der Waals surface area (Å²) in [6, 6.07) is 6.65. The highest BCUT2D eigenvalue weighted by Crippen LogP contribution is 2.41. The van der Waals surface area contributed by atoms with E-state index in [1.807, 2.05) is 0 Å². The lowest BCUT2D eigenvalue weighted by Gasteiger charge is -2.20. The van der Waals surface area contributed by atoms with Crippen LogP contribution in [0.5, 0.6) is 0 Å². The minimum absolute atomic E-state index is 0.0350. The van der Waals surface area contributed by atoms with Crippen molar-refractivity contribution in [3.05, 3.63) is 36.0 Å². The molecule has 0 bridgehead atoms. The van der Waals surface area contributed by atoms with E-state index in [1.54, 1.807) is 24.3 Å². The minimum atomic E-state index is -4.56. The zero-order chi connectivity index (χ0) is 17.3. The van der Waals surface area contributed by atoms with Crippen LogP contribution >= 0.6 is 47.8 Å². The maximum Gasteiger partial charge on any atom is 0.396 e. The third-order valence-electron chi connectivity index (χ3n) is 3.16. The summed E-state index contributed by atoms with van der Waals surface area (Å²) in [5, 5.41) is 0.443. The largest absolute Gasteiger partial charge is 0.462 e. The van der Waals surface area contributed by atoms with Gasteiger partial charge in [-0.2, -0.15) is 13.2 Å². The molecule has 1 aromatic carbocycles. The first kappa shape index (κ1) is 18.8. The van der Waals surface area contributed by atoms with E-state index in [-0.39, 0.29) is 12.2 Å². The Morgan fingerprint density at radius 2 is 1.87 bits per heavy atom. The molecule has 0 aliphatic rings.